The van der Waals surface area contributed by atoms with Crippen LogP contribution in [0.15, 0.2) is 70.7 Å². The molecule has 0 atom stereocenters. The van der Waals surface area contributed by atoms with Crippen molar-refractivity contribution in [3.63, 3.8) is 0 Å². The summed E-state index contributed by atoms with van der Waals surface area (Å²) in [5.74, 6) is -0.0860. The van der Waals surface area contributed by atoms with Gasteiger partial charge in [0, 0.05) is 27.4 Å². The number of nitrogens with zero attached hydrogens (tertiary/aromatic N) is 3. The van der Waals surface area contributed by atoms with Crippen LogP contribution in [0.4, 0.5) is 5.13 Å². The Morgan fingerprint density at radius 2 is 1.92 bits per heavy atom. The molecule has 1 N–H and O–H groups in total. The molecule has 5 aromatic rings. The number of hydrogen-bond donors (Lipinski definition) is 1. The maximum atomic E-state index is 13.8. The van der Waals surface area contributed by atoms with E-state index in [4.69, 9.17) is 16.6 Å². The Bertz CT molecular complexity index is 1690. The van der Waals surface area contributed by atoms with Gasteiger partial charge >= 0.3 is 0 Å². The number of thiophene rings is 1. The van der Waals surface area contributed by atoms with Gasteiger partial charge in [-0.25, -0.2) is 9.97 Å². The zero-order valence-corrected chi connectivity index (χ0v) is 23.5. The number of rotatable bonds is 7. The lowest BCUT2D eigenvalue weighted by Gasteiger charge is -2.13. The van der Waals surface area contributed by atoms with Gasteiger partial charge in [0.2, 0.25) is 5.91 Å². The number of amides is 1. The molecule has 0 spiro atoms. The fourth-order valence-electron chi connectivity index (χ4n) is 4.67. The number of carbonyl (C=O) groups excluding carboxylic acids is 1. The highest BCUT2D eigenvalue weighted by molar-refractivity contribution is 7.99. The van der Waals surface area contributed by atoms with Gasteiger partial charge in [0.1, 0.15) is 4.83 Å². The van der Waals surface area contributed by atoms with Crippen LogP contribution >= 0.6 is 46.0 Å². The maximum absolute atomic E-state index is 13.8. The monoisotopic (exact) mass is 578 g/mol. The largest absolute Gasteiger partial charge is 0.301 e. The van der Waals surface area contributed by atoms with E-state index < -0.39 is 0 Å². The summed E-state index contributed by atoms with van der Waals surface area (Å²) in [4.78, 5) is 39.0. The minimum Gasteiger partial charge on any atom is -0.301 e. The molecule has 1 aliphatic carbocycles. The average Bonchev–Trinajstić information content (AvgIpc) is 3.51. The number of para-hydroxylation sites is 1. The molecule has 3 heterocycles. The molecule has 0 bridgehead atoms. The Balaban J connectivity index is 1.22. The van der Waals surface area contributed by atoms with Crippen LogP contribution in [0.5, 0.6) is 0 Å². The zero-order valence-electron chi connectivity index (χ0n) is 20.3. The van der Waals surface area contributed by atoms with E-state index in [-0.39, 0.29) is 17.2 Å². The zero-order chi connectivity index (χ0) is 26.1. The summed E-state index contributed by atoms with van der Waals surface area (Å²) >= 11 is 10.4. The van der Waals surface area contributed by atoms with Gasteiger partial charge in [0.25, 0.3) is 5.56 Å². The Hall–Kier alpha value is -2.98. The van der Waals surface area contributed by atoms with Crippen molar-refractivity contribution < 1.29 is 4.79 Å². The van der Waals surface area contributed by atoms with Crippen molar-refractivity contribution >= 4 is 67.3 Å². The number of thiazole rings is 1. The lowest BCUT2D eigenvalue weighted by atomic mass is 9.97. The van der Waals surface area contributed by atoms with E-state index in [0.29, 0.717) is 21.7 Å². The van der Waals surface area contributed by atoms with Crippen LogP contribution < -0.4 is 10.9 Å². The summed E-state index contributed by atoms with van der Waals surface area (Å²) in [6.07, 6.45) is 6.63. The molecule has 3 aromatic heterocycles. The highest BCUT2D eigenvalue weighted by Crippen LogP contribution is 2.35. The first-order valence-corrected chi connectivity index (χ1v) is 15.3. The highest BCUT2D eigenvalue weighted by Gasteiger charge is 2.23. The summed E-state index contributed by atoms with van der Waals surface area (Å²) in [5, 5.41) is 5.38. The van der Waals surface area contributed by atoms with Crippen LogP contribution in [0.25, 0.3) is 15.9 Å². The molecule has 192 valence electrons. The number of aromatic nitrogens is 3. The fourth-order valence-corrected chi connectivity index (χ4v) is 7.86. The number of hydrogen-bond acceptors (Lipinski definition) is 7. The number of benzene rings is 2. The van der Waals surface area contributed by atoms with E-state index in [1.54, 1.807) is 22.1 Å². The molecule has 6 rings (SSSR count). The molecule has 1 amide bonds. The number of aryl methyl sites for hydroxylation is 2. The number of fused-ring (bicyclic) bond motifs is 3. The van der Waals surface area contributed by atoms with Crippen LogP contribution in [-0.2, 0) is 24.1 Å². The number of anilines is 1. The third kappa shape index (κ3) is 5.29. The molecular formula is C28H23ClN4O2S3. The van der Waals surface area contributed by atoms with Gasteiger partial charge in [0.05, 0.1) is 16.8 Å². The van der Waals surface area contributed by atoms with Crippen LogP contribution in [0.3, 0.4) is 0 Å². The minimum absolute atomic E-state index is 0.0610. The number of halogens is 1. The topological polar surface area (TPSA) is 76.9 Å². The molecule has 10 heteroatoms. The summed E-state index contributed by atoms with van der Waals surface area (Å²) in [6, 6.07) is 17.2. The second kappa shape index (κ2) is 11.0. The number of nitrogens with one attached hydrogen (secondary N) is 1. The molecule has 38 heavy (non-hydrogen) atoms. The first kappa shape index (κ1) is 25.3. The first-order valence-electron chi connectivity index (χ1n) is 12.3. The van der Waals surface area contributed by atoms with Gasteiger partial charge in [-0.2, -0.15) is 0 Å². The molecule has 0 saturated carbocycles. The van der Waals surface area contributed by atoms with Crippen LogP contribution in [0.1, 0.15) is 33.7 Å². The van der Waals surface area contributed by atoms with Crippen molar-refractivity contribution in [1.82, 2.24) is 14.5 Å². The van der Waals surface area contributed by atoms with Gasteiger partial charge in [-0.1, -0.05) is 53.7 Å². The van der Waals surface area contributed by atoms with E-state index in [2.05, 4.69) is 10.3 Å². The molecule has 0 radical (unpaired) electrons. The first-order chi connectivity index (χ1) is 18.5. The molecule has 1 aliphatic rings. The average molecular weight is 579 g/mol. The number of carbonyl (C=O) groups is 1. The second-order valence-corrected chi connectivity index (χ2v) is 12.6. The third-order valence-corrected chi connectivity index (χ3v) is 9.64. The van der Waals surface area contributed by atoms with E-state index in [0.717, 1.165) is 57.6 Å². The van der Waals surface area contributed by atoms with Crippen LogP contribution in [0, 0.1) is 0 Å². The predicted molar refractivity (Wildman–Crippen MR) is 158 cm³/mol. The summed E-state index contributed by atoms with van der Waals surface area (Å²) in [5.41, 5.74) is 2.93. The van der Waals surface area contributed by atoms with Gasteiger partial charge in [0.15, 0.2) is 10.3 Å². The van der Waals surface area contributed by atoms with Gasteiger partial charge in [-0.05, 0) is 61.1 Å². The predicted octanol–water partition coefficient (Wildman–Crippen LogP) is 6.76. The van der Waals surface area contributed by atoms with E-state index in [9.17, 15) is 9.59 Å². The van der Waals surface area contributed by atoms with Crippen molar-refractivity contribution in [3.8, 4) is 5.69 Å². The highest BCUT2D eigenvalue weighted by atomic mass is 35.5. The Morgan fingerprint density at radius 1 is 1.08 bits per heavy atom. The SMILES string of the molecule is O=C(CSc1nc2sc3c(c2c(=O)n1-c1ccccc1)CCCC3)Nc1ncc(Cc2cccc(Cl)c2)s1. The lowest BCUT2D eigenvalue weighted by molar-refractivity contribution is -0.113. The smallest absolute Gasteiger partial charge is 0.267 e. The molecule has 6 nitrogen and oxygen atoms in total. The van der Waals surface area contributed by atoms with E-state index in [1.165, 1.54) is 28.0 Å². The van der Waals surface area contributed by atoms with E-state index in [1.807, 2.05) is 54.6 Å². The lowest BCUT2D eigenvalue weighted by Crippen LogP contribution is -2.23. The summed E-state index contributed by atoms with van der Waals surface area (Å²) in [6.45, 7) is 0. The second-order valence-electron chi connectivity index (χ2n) is 9.04. The van der Waals surface area contributed by atoms with Crippen molar-refractivity contribution in [2.45, 2.75) is 37.3 Å². The van der Waals surface area contributed by atoms with Crippen LogP contribution in [0.2, 0.25) is 5.02 Å². The third-order valence-electron chi connectivity index (χ3n) is 6.37. The molecule has 0 aliphatic heterocycles. The van der Waals surface area contributed by atoms with Crippen molar-refractivity contribution in [3.05, 3.63) is 97.1 Å². The molecular weight excluding hydrogens is 556 g/mol. The Morgan fingerprint density at radius 3 is 2.76 bits per heavy atom. The van der Waals surface area contributed by atoms with Gasteiger partial charge in [-0.15, -0.1) is 22.7 Å². The van der Waals surface area contributed by atoms with Crippen molar-refractivity contribution in [2.24, 2.45) is 0 Å². The summed E-state index contributed by atoms with van der Waals surface area (Å²) < 4.78 is 1.65. The van der Waals surface area contributed by atoms with Crippen LogP contribution in [-0.4, -0.2) is 26.2 Å². The summed E-state index contributed by atoms with van der Waals surface area (Å²) in [7, 11) is 0. The Labute approximate surface area is 236 Å². The Kier molecular flexibility index (Phi) is 7.34. The van der Waals surface area contributed by atoms with Crippen molar-refractivity contribution in [1.29, 1.82) is 0 Å². The number of thioether (sulfide) groups is 1. The minimum atomic E-state index is -0.196. The molecule has 0 saturated heterocycles. The van der Waals surface area contributed by atoms with Crippen molar-refractivity contribution in [2.75, 3.05) is 11.1 Å². The molecule has 2 aromatic carbocycles. The molecule has 0 fully saturated rings. The molecule has 0 unspecified atom stereocenters. The fraction of sp³-hybridized carbons (Fsp3) is 0.214. The standard InChI is InChI=1S/C28H23ClN4O2S3/c29-18-8-6-7-17(13-18)14-20-15-30-27(37-20)31-23(34)16-36-28-32-25-24(21-11-4-5-12-22(21)38-25)26(35)33(28)19-9-2-1-3-10-19/h1-3,6-10,13,15H,4-5,11-12,14,16H2,(H,30,31,34). The maximum Gasteiger partial charge on any atom is 0.267 e. The normalized spacial score (nSPS) is 13.0. The van der Waals surface area contributed by atoms with E-state index >= 15 is 0 Å². The van der Waals surface area contributed by atoms with Gasteiger partial charge < -0.3 is 5.32 Å². The quantitative estimate of drug-likeness (QED) is 0.171. The van der Waals surface area contributed by atoms with Gasteiger partial charge in [-0.3, -0.25) is 14.2 Å².